The van der Waals surface area contributed by atoms with Gasteiger partial charge in [-0.1, -0.05) is 72.8 Å². The van der Waals surface area contributed by atoms with Gasteiger partial charge in [-0.15, -0.1) is 0 Å². The van der Waals surface area contributed by atoms with Gasteiger partial charge in [0.1, 0.15) is 59.2 Å². The van der Waals surface area contributed by atoms with Gasteiger partial charge in [-0.3, -0.25) is 19.8 Å². The number of hydrogen-bond donors (Lipinski definition) is 2. The van der Waals surface area contributed by atoms with Crippen LogP contribution in [0.3, 0.4) is 0 Å². The molecular weight excluding hydrogens is 1290 g/mol. The third kappa shape index (κ3) is 20.1. The van der Waals surface area contributed by atoms with E-state index >= 15 is 4.39 Å². The lowest BCUT2D eigenvalue weighted by molar-refractivity contribution is -0.161. The van der Waals surface area contributed by atoms with Crippen LogP contribution in [0.1, 0.15) is 46.5 Å². The molecule has 3 aromatic carbocycles. The first kappa shape index (κ1) is 63.0. The van der Waals surface area contributed by atoms with E-state index in [0.717, 1.165) is 28.7 Å². The van der Waals surface area contributed by atoms with Crippen LogP contribution in [0.25, 0.3) is 0 Å². The fraction of sp³-hybridized carbons (Fsp3) is 0.295. The van der Waals surface area contributed by atoms with Gasteiger partial charge in [0.05, 0.1) is 38.0 Å². The predicted molar refractivity (Wildman–Crippen MR) is 337 cm³/mol. The number of anilines is 10. The SMILES string of the molecule is CC(C)(C)OC(=O)COCC1(F)CCN(c2cncc(N(c3ccccc3)c3ccccn3)n2)CC1.II.O=C(O)COCC1(F)CCN(c2cncc(N(c3ccccc3)c3ccccn3)n2)CC1.c1ccc(Nc2ccccn2)cc1. The molecule has 2 aliphatic heterocycles. The number of carboxylic acid groups (broad SMARTS) is 1. The number of hydrogen-bond acceptors (Lipinski definition) is 17. The van der Waals surface area contributed by atoms with Crippen molar-refractivity contribution < 1.29 is 37.7 Å². The molecule has 434 valence electrons. The van der Waals surface area contributed by atoms with Gasteiger partial charge >= 0.3 is 11.9 Å². The molecule has 0 amide bonds. The summed E-state index contributed by atoms with van der Waals surface area (Å²) < 4.78 is 45.9. The van der Waals surface area contributed by atoms with Gasteiger partial charge in [-0.05, 0) is 93.6 Å². The minimum Gasteiger partial charge on any atom is -0.480 e. The Morgan fingerprint density at radius 3 is 1.37 bits per heavy atom. The molecule has 0 radical (unpaired) electrons. The summed E-state index contributed by atoms with van der Waals surface area (Å²) in [6.45, 7) is 6.00. The Morgan fingerprint density at radius 1 is 0.566 bits per heavy atom. The van der Waals surface area contributed by atoms with Crippen LogP contribution in [0.4, 0.5) is 66.6 Å². The summed E-state index contributed by atoms with van der Waals surface area (Å²) in [4.78, 5) is 61.9. The maximum Gasteiger partial charge on any atom is 0.332 e. The predicted octanol–water partition coefficient (Wildman–Crippen LogP) is 13.4. The summed E-state index contributed by atoms with van der Waals surface area (Å²) in [7, 11) is 0. The van der Waals surface area contributed by atoms with Crippen molar-refractivity contribution in [1.82, 2.24) is 34.9 Å². The average molecular weight is 1360 g/mol. The van der Waals surface area contributed by atoms with Crippen LogP contribution in [-0.4, -0.2) is 121 Å². The van der Waals surface area contributed by atoms with E-state index in [0.29, 0.717) is 55.3 Å². The van der Waals surface area contributed by atoms with Crippen LogP contribution in [0.5, 0.6) is 0 Å². The van der Waals surface area contributed by atoms with Gasteiger partial charge in [0.2, 0.25) is 0 Å². The van der Waals surface area contributed by atoms with Crippen LogP contribution in [-0.2, 0) is 23.8 Å². The number of rotatable bonds is 18. The van der Waals surface area contributed by atoms with E-state index in [9.17, 15) is 14.0 Å². The molecular formula is C61H66F2I2N12O6. The lowest BCUT2D eigenvalue weighted by Gasteiger charge is -2.37. The Hall–Kier alpha value is -7.55. The van der Waals surface area contributed by atoms with E-state index in [1.165, 1.54) is 0 Å². The molecule has 83 heavy (non-hydrogen) atoms. The lowest BCUT2D eigenvalue weighted by atomic mass is 9.94. The van der Waals surface area contributed by atoms with Gasteiger partial charge < -0.3 is 34.4 Å². The maximum absolute atomic E-state index is 15.3. The highest BCUT2D eigenvalue weighted by Crippen LogP contribution is 2.36. The number of benzene rings is 3. The van der Waals surface area contributed by atoms with Crippen LogP contribution in [0.2, 0.25) is 0 Å². The highest BCUT2D eigenvalue weighted by molar-refractivity contribution is 15.0. The molecule has 18 nitrogen and oxygen atoms in total. The zero-order valence-electron chi connectivity index (χ0n) is 46.3. The highest BCUT2D eigenvalue weighted by Gasteiger charge is 2.37. The molecule has 0 atom stereocenters. The van der Waals surface area contributed by atoms with Gasteiger partial charge in [-0.2, -0.15) is 0 Å². The molecule has 2 fully saturated rings. The summed E-state index contributed by atoms with van der Waals surface area (Å²) in [6, 6.07) is 46.8. The maximum atomic E-state index is 15.3. The first-order valence-electron chi connectivity index (χ1n) is 26.7. The highest BCUT2D eigenvalue weighted by atomic mass is 128. The molecule has 2 aliphatic rings. The van der Waals surface area contributed by atoms with E-state index in [4.69, 9.17) is 29.3 Å². The van der Waals surface area contributed by atoms with E-state index < -0.39 is 35.5 Å². The third-order valence-electron chi connectivity index (χ3n) is 12.7. The molecule has 10 rings (SSSR count). The van der Waals surface area contributed by atoms with Crippen LogP contribution in [0.15, 0.2) is 189 Å². The molecule has 0 bridgehead atoms. The number of carbonyl (C=O) groups is 2. The van der Waals surface area contributed by atoms with Crippen molar-refractivity contribution in [2.24, 2.45) is 0 Å². The molecule has 0 saturated carbocycles. The van der Waals surface area contributed by atoms with Gasteiger partial charge in [0, 0.05) is 125 Å². The zero-order chi connectivity index (χ0) is 58.9. The van der Waals surface area contributed by atoms with E-state index in [1.54, 1.807) is 64.1 Å². The van der Waals surface area contributed by atoms with E-state index in [2.05, 4.69) is 67.5 Å². The summed E-state index contributed by atoms with van der Waals surface area (Å²) in [5, 5.41) is 11.9. The molecule has 2 N–H and O–H groups in total. The second kappa shape index (κ2) is 31.8. The smallest absolute Gasteiger partial charge is 0.332 e. The number of nitrogens with zero attached hydrogens (tertiary/aromatic N) is 11. The number of aromatic nitrogens is 7. The standard InChI is InChI=1S/C27H32FN5O3.C23H24FN5O3.C11H10N2.I2/c1-26(2,3)36-25(34)19-35-20-27(28)12-15-32(16-13-27)23-17-29-18-24(31-23)33(21-9-5-4-6-10-21)22-11-7-8-14-30-22;24-23(17-32-16-22(30)31)9-12-28(13-10-23)20-14-25-15-21(27-20)29(18-6-2-1-3-7-18)19-8-4-5-11-26-19;1-2-6-10(7-3-1)13-11-8-4-5-9-12-11;1-2/h4-11,14,17-18H,12-13,15-16,19-20H2,1-3H3;1-8,11,14-15H,9-10,12-13,16-17H2,(H,30,31);1-9H,(H,12,13);. The number of ether oxygens (including phenoxy) is 3. The number of pyridine rings is 3. The molecule has 22 heteroatoms. The first-order chi connectivity index (χ1) is 40.2. The van der Waals surface area contributed by atoms with Gasteiger partial charge in [0.25, 0.3) is 0 Å². The number of piperidine rings is 2. The summed E-state index contributed by atoms with van der Waals surface area (Å²) in [5.41, 5.74) is -0.780. The van der Waals surface area contributed by atoms with Gasteiger partial charge in [-0.25, -0.2) is 43.3 Å². The van der Waals surface area contributed by atoms with Crippen molar-refractivity contribution in [2.45, 2.75) is 63.4 Å². The minimum atomic E-state index is -1.54. The van der Waals surface area contributed by atoms with E-state index in [-0.39, 0.29) is 45.5 Å². The number of para-hydroxylation sites is 3. The number of halogens is 4. The largest absolute Gasteiger partial charge is 0.480 e. The van der Waals surface area contributed by atoms with Gasteiger partial charge in [0.15, 0.2) is 11.6 Å². The van der Waals surface area contributed by atoms with Crippen molar-refractivity contribution in [3.63, 3.8) is 0 Å². The number of nitrogens with one attached hydrogen (secondary N) is 1. The lowest BCUT2D eigenvalue weighted by Crippen LogP contribution is -2.45. The van der Waals surface area contributed by atoms with Crippen LogP contribution < -0.4 is 24.9 Å². The molecule has 8 aromatic rings. The number of alkyl halides is 2. The van der Waals surface area contributed by atoms with Crippen molar-refractivity contribution in [2.75, 3.05) is 77.5 Å². The topological polar surface area (TPSA) is 197 Å². The molecule has 2 saturated heterocycles. The molecule has 0 aliphatic carbocycles. The van der Waals surface area contributed by atoms with Crippen molar-refractivity contribution in [3.8, 4) is 0 Å². The minimum absolute atomic E-state index is 0.146. The van der Waals surface area contributed by atoms with Crippen molar-refractivity contribution in [3.05, 3.63) is 189 Å². The number of esters is 1. The average Bonchev–Trinajstić information content (AvgIpc) is 3.68. The fourth-order valence-electron chi connectivity index (χ4n) is 8.78. The number of carbonyl (C=O) groups excluding carboxylic acids is 1. The Labute approximate surface area is 506 Å². The molecule has 0 unspecified atom stereocenters. The molecule has 5 aromatic heterocycles. The second-order valence-electron chi connectivity index (χ2n) is 20.1. The summed E-state index contributed by atoms with van der Waals surface area (Å²) >= 11 is 4.24. The van der Waals surface area contributed by atoms with Crippen molar-refractivity contribution in [1.29, 1.82) is 0 Å². The first-order valence-corrected chi connectivity index (χ1v) is 33.0. The molecule has 0 spiro atoms. The summed E-state index contributed by atoms with van der Waals surface area (Å²) in [6.07, 6.45) is 12.9. The Kier molecular flexibility index (Phi) is 24.1. The zero-order valence-corrected chi connectivity index (χ0v) is 50.6. The Bertz CT molecular complexity index is 3060. The Balaban J connectivity index is 0.000000192. The molecule has 7 heterocycles. The quantitative estimate of drug-likeness (QED) is 0.0607. The van der Waals surface area contributed by atoms with Crippen LogP contribution in [0, 0.1) is 0 Å². The van der Waals surface area contributed by atoms with Crippen LogP contribution >= 0.6 is 37.2 Å². The normalized spacial score (nSPS) is 14.2. The number of carboxylic acids is 1. The van der Waals surface area contributed by atoms with E-state index in [1.807, 2.05) is 165 Å². The second-order valence-corrected chi connectivity index (χ2v) is 20.1. The monoisotopic (exact) mass is 1350 g/mol. The van der Waals surface area contributed by atoms with Crippen molar-refractivity contribution >= 4 is 107 Å². The third-order valence-corrected chi connectivity index (χ3v) is 12.7. The summed E-state index contributed by atoms with van der Waals surface area (Å²) in [5.74, 6) is 3.24. The Morgan fingerprint density at radius 2 is 0.976 bits per heavy atom. The number of aliphatic carboxylic acids is 1. The fourth-order valence-corrected chi connectivity index (χ4v) is 8.78.